The standard InChI is InChI=1S/C52H38O2/c53-51(44-22-11-18-39(34-44)30-28-37-14-3-1-4-15-37)47-25-9-10-26-48(47)52(54,45-23-12-19-40(35-45)31-29-38-16-5-2-6-17-38)50-46(24-13-27-49(50)51)43-33-32-41-20-7-8-21-42(41)36-43/h1-36,53-54H. The number of benzene rings is 8. The molecule has 8 aromatic rings. The van der Waals surface area contributed by atoms with Gasteiger partial charge in [-0.3, -0.25) is 0 Å². The van der Waals surface area contributed by atoms with Crippen LogP contribution in [0.15, 0.2) is 194 Å². The van der Waals surface area contributed by atoms with E-state index < -0.39 is 11.2 Å². The third kappa shape index (κ3) is 5.79. The lowest BCUT2D eigenvalue weighted by molar-refractivity contribution is 0.0752. The van der Waals surface area contributed by atoms with Crippen molar-refractivity contribution < 1.29 is 10.2 Å². The molecular formula is C52H38O2. The maximum Gasteiger partial charge on any atom is 0.141 e. The lowest BCUT2D eigenvalue weighted by atomic mass is 9.62. The molecule has 0 spiro atoms. The molecule has 9 rings (SSSR count). The third-order valence-electron chi connectivity index (χ3n) is 10.7. The van der Waals surface area contributed by atoms with E-state index >= 15 is 0 Å². The molecule has 0 heterocycles. The molecule has 0 bridgehead atoms. The maximum atomic E-state index is 13.7. The molecule has 1 aliphatic carbocycles. The molecule has 0 radical (unpaired) electrons. The van der Waals surface area contributed by atoms with E-state index in [0.29, 0.717) is 22.3 Å². The van der Waals surface area contributed by atoms with Crippen LogP contribution in [0.3, 0.4) is 0 Å². The Morgan fingerprint density at radius 3 is 1.43 bits per heavy atom. The minimum atomic E-state index is -1.61. The summed E-state index contributed by atoms with van der Waals surface area (Å²) in [7, 11) is 0. The Labute approximate surface area is 316 Å². The van der Waals surface area contributed by atoms with Crippen LogP contribution < -0.4 is 0 Å². The van der Waals surface area contributed by atoms with Crippen LogP contribution in [0.1, 0.15) is 55.6 Å². The Balaban J connectivity index is 1.28. The first-order valence-electron chi connectivity index (χ1n) is 18.4. The van der Waals surface area contributed by atoms with E-state index in [1.54, 1.807) is 0 Å². The minimum absolute atomic E-state index is 0.641. The predicted molar refractivity (Wildman–Crippen MR) is 224 cm³/mol. The van der Waals surface area contributed by atoms with Gasteiger partial charge in [0.15, 0.2) is 0 Å². The summed E-state index contributed by atoms with van der Waals surface area (Å²) in [4.78, 5) is 0. The van der Waals surface area contributed by atoms with Crippen LogP contribution >= 0.6 is 0 Å². The lowest BCUT2D eigenvalue weighted by Gasteiger charge is -2.46. The fourth-order valence-electron chi connectivity index (χ4n) is 8.09. The van der Waals surface area contributed by atoms with Gasteiger partial charge in [0.1, 0.15) is 11.2 Å². The van der Waals surface area contributed by atoms with Gasteiger partial charge < -0.3 is 10.2 Å². The van der Waals surface area contributed by atoms with Gasteiger partial charge in [0.25, 0.3) is 0 Å². The SMILES string of the molecule is OC1(c2cccc(C=Cc3ccccc3)c2)c2ccccc2C(O)(c2cccc(C=Cc3ccccc3)c2)c2c(-c3ccc4ccccc4c3)cccc21. The van der Waals surface area contributed by atoms with Crippen LogP contribution in [0.25, 0.3) is 46.2 Å². The highest BCUT2D eigenvalue weighted by Gasteiger charge is 2.52. The molecule has 0 aliphatic heterocycles. The predicted octanol–water partition coefficient (Wildman–Crippen LogP) is 11.7. The van der Waals surface area contributed by atoms with Crippen molar-refractivity contribution in [1.82, 2.24) is 0 Å². The summed E-state index contributed by atoms with van der Waals surface area (Å²) in [5.41, 5.74) is 6.80. The first-order valence-corrected chi connectivity index (χ1v) is 18.4. The smallest absolute Gasteiger partial charge is 0.141 e. The average Bonchev–Trinajstić information content (AvgIpc) is 3.24. The van der Waals surface area contributed by atoms with Crippen LogP contribution in [0, 0.1) is 0 Å². The molecule has 2 N–H and O–H groups in total. The Bertz CT molecular complexity index is 2690. The van der Waals surface area contributed by atoms with E-state index in [4.69, 9.17) is 0 Å². The van der Waals surface area contributed by atoms with Gasteiger partial charge in [0, 0.05) is 5.56 Å². The van der Waals surface area contributed by atoms with Crippen molar-refractivity contribution >= 4 is 35.1 Å². The van der Waals surface area contributed by atoms with Crippen molar-refractivity contribution in [2.45, 2.75) is 11.2 Å². The molecule has 8 aromatic carbocycles. The van der Waals surface area contributed by atoms with Crippen molar-refractivity contribution in [3.63, 3.8) is 0 Å². The summed E-state index contributed by atoms with van der Waals surface area (Å²) in [5, 5.41) is 29.5. The highest BCUT2D eigenvalue weighted by Crippen LogP contribution is 2.55. The zero-order valence-electron chi connectivity index (χ0n) is 29.7. The summed E-state index contributed by atoms with van der Waals surface area (Å²) < 4.78 is 0. The molecule has 2 atom stereocenters. The first kappa shape index (κ1) is 33.3. The monoisotopic (exact) mass is 694 g/mol. The van der Waals surface area contributed by atoms with Crippen molar-refractivity contribution in [2.75, 3.05) is 0 Å². The van der Waals surface area contributed by atoms with Gasteiger partial charge in [-0.15, -0.1) is 0 Å². The van der Waals surface area contributed by atoms with Crippen LogP contribution in [-0.4, -0.2) is 10.2 Å². The van der Waals surface area contributed by atoms with Gasteiger partial charge >= 0.3 is 0 Å². The summed E-state index contributed by atoms with van der Waals surface area (Å²) in [5.74, 6) is 0. The number of rotatable bonds is 7. The third-order valence-corrected chi connectivity index (χ3v) is 10.7. The number of fused-ring (bicyclic) bond motifs is 3. The van der Waals surface area contributed by atoms with E-state index in [0.717, 1.165) is 55.3 Å². The summed E-state index contributed by atoms with van der Waals surface area (Å²) in [6.07, 6.45) is 8.33. The Morgan fingerprint density at radius 2 is 0.796 bits per heavy atom. The van der Waals surface area contributed by atoms with Crippen molar-refractivity contribution in [1.29, 1.82) is 0 Å². The lowest BCUT2D eigenvalue weighted by Crippen LogP contribution is -2.44. The highest BCUT2D eigenvalue weighted by atomic mass is 16.3. The summed E-state index contributed by atoms with van der Waals surface area (Å²) in [6.45, 7) is 0. The van der Waals surface area contributed by atoms with Crippen LogP contribution in [-0.2, 0) is 11.2 Å². The first-order chi connectivity index (χ1) is 26.5. The number of hydrogen-bond acceptors (Lipinski definition) is 2. The Hall–Kier alpha value is -6.58. The molecule has 54 heavy (non-hydrogen) atoms. The van der Waals surface area contributed by atoms with E-state index in [9.17, 15) is 10.2 Å². The second kappa shape index (κ2) is 13.8. The normalized spacial score (nSPS) is 17.8. The molecule has 0 amide bonds. The Kier molecular flexibility index (Phi) is 8.48. The van der Waals surface area contributed by atoms with Crippen LogP contribution in [0.4, 0.5) is 0 Å². The molecular weight excluding hydrogens is 657 g/mol. The molecule has 0 saturated carbocycles. The van der Waals surface area contributed by atoms with E-state index in [-0.39, 0.29) is 0 Å². The average molecular weight is 695 g/mol. The highest BCUT2D eigenvalue weighted by molar-refractivity contribution is 5.89. The molecule has 2 unspecified atom stereocenters. The van der Waals surface area contributed by atoms with E-state index in [1.807, 2.05) is 109 Å². The Morgan fingerprint density at radius 1 is 0.333 bits per heavy atom. The zero-order valence-corrected chi connectivity index (χ0v) is 29.7. The van der Waals surface area contributed by atoms with Gasteiger partial charge in [-0.25, -0.2) is 0 Å². The summed E-state index contributed by atoms with van der Waals surface area (Å²) >= 11 is 0. The topological polar surface area (TPSA) is 40.5 Å². The van der Waals surface area contributed by atoms with E-state index in [1.165, 1.54) is 0 Å². The molecule has 258 valence electrons. The number of hydrogen-bond donors (Lipinski definition) is 2. The summed E-state index contributed by atoms with van der Waals surface area (Å²) in [6, 6.07) is 65.2. The fourth-order valence-corrected chi connectivity index (χ4v) is 8.09. The van der Waals surface area contributed by atoms with Gasteiger partial charge in [0.05, 0.1) is 0 Å². The van der Waals surface area contributed by atoms with Crippen molar-refractivity contribution in [3.8, 4) is 11.1 Å². The maximum absolute atomic E-state index is 13.7. The van der Waals surface area contributed by atoms with E-state index in [2.05, 4.69) is 109 Å². The molecule has 0 aromatic heterocycles. The molecule has 2 nitrogen and oxygen atoms in total. The van der Waals surface area contributed by atoms with Crippen LogP contribution in [0.2, 0.25) is 0 Å². The quantitative estimate of drug-likeness (QED) is 0.163. The number of aliphatic hydroxyl groups is 2. The largest absolute Gasteiger partial charge is 0.376 e. The van der Waals surface area contributed by atoms with Crippen molar-refractivity contribution in [2.24, 2.45) is 0 Å². The van der Waals surface area contributed by atoms with Crippen molar-refractivity contribution in [3.05, 3.63) is 250 Å². The van der Waals surface area contributed by atoms with Gasteiger partial charge in [-0.1, -0.05) is 200 Å². The fraction of sp³-hybridized carbons (Fsp3) is 0.0385. The molecule has 2 heteroatoms. The van der Waals surface area contributed by atoms with Gasteiger partial charge in [-0.2, -0.15) is 0 Å². The van der Waals surface area contributed by atoms with Gasteiger partial charge in [0.2, 0.25) is 0 Å². The second-order valence-corrected chi connectivity index (χ2v) is 14.0. The molecule has 0 saturated heterocycles. The molecule has 1 aliphatic rings. The minimum Gasteiger partial charge on any atom is -0.376 e. The van der Waals surface area contributed by atoms with Gasteiger partial charge in [-0.05, 0) is 90.2 Å². The van der Waals surface area contributed by atoms with Crippen LogP contribution in [0.5, 0.6) is 0 Å². The second-order valence-electron chi connectivity index (χ2n) is 14.0. The zero-order chi connectivity index (χ0) is 36.5. The molecule has 0 fully saturated rings.